The van der Waals surface area contributed by atoms with Gasteiger partial charge in [0, 0.05) is 16.2 Å². The minimum Gasteiger partial charge on any atom is -0.298 e. The van der Waals surface area contributed by atoms with Crippen LogP contribution < -0.4 is 0 Å². The lowest BCUT2D eigenvalue weighted by atomic mass is 10.0. The summed E-state index contributed by atoms with van der Waals surface area (Å²) in [4.78, 5) is 10.5. The molecule has 0 aromatic heterocycles. The first-order valence-electron chi connectivity index (χ1n) is 3.85. The van der Waals surface area contributed by atoms with E-state index in [1.54, 1.807) is 0 Å². The monoisotopic (exact) mass is 243 g/mol. The van der Waals surface area contributed by atoms with Crippen LogP contribution in [0.15, 0.2) is 17.0 Å². The molecule has 15 heavy (non-hydrogen) atoms. The maximum atomic E-state index is 11.1. The molecule has 6 heteroatoms. The van der Waals surface area contributed by atoms with E-state index in [0.29, 0.717) is 11.8 Å². The second-order valence-electron chi connectivity index (χ2n) is 2.82. The highest BCUT2D eigenvalue weighted by Crippen LogP contribution is 2.23. The van der Waals surface area contributed by atoms with Crippen molar-refractivity contribution in [2.24, 2.45) is 0 Å². The molecule has 0 saturated heterocycles. The van der Waals surface area contributed by atoms with Crippen LogP contribution in [-0.2, 0) is 9.05 Å². The van der Waals surface area contributed by atoms with E-state index in [1.165, 1.54) is 13.0 Å². The lowest BCUT2D eigenvalue weighted by molar-refractivity contribution is 0.112. The molecule has 1 rings (SSSR count). The highest BCUT2D eigenvalue weighted by atomic mass is 35.7. The smallest absolute Gasteiger partial charge is 0.262 e. The fourth-order valence-electron chi connectivity index (χ4n) is 1.18. The van der Waals surface area contributed by atoms with Crippen molar-refractivity contribution < 1.29 is 13.2 Å². The molecule has 0 spiro atoms. The quantitative estimate of drug-likeness (QED) is 0.584. The standard InChI is InChI=1S/C9H6ClNO3S/c1-6-7(4-11)2-3-9(8(6)5-12)15(10,13)14/h2-3,5H,1H3. The van der Waals surface area contributed by atoms with Gasteiger partial charge in [-0.2, -0.15) is 5.26 Å². The number of hydrogen-bond acceptors (Lipinski definition) is 4. The summed E-state index contributed by atoms with van der Waals surface area (Å²) in [7, 11) is 1.18. The molecule has 0 atom stereocenters. The van der Waals surface area contributed by atoms with Gasteiger partial charge in [0.05, 0.1) is 16.5 Å². The lowest BCUT2D eigenvalue weighted by Crippen LogP contribution is -2.01. The average molecular weight is 244 g/mol. The molecule has 78 valence electrons. The highest BCUT2D eigenvalue weighted by Gasteiger charge is 2.18. The third-order valence-corrected chi connectivity index (χ3v) is 3.36. The van der Waals surface area contributed by atoms with Crippen LogP contribution in [0.2, 0.25) is 0 Å². The minimum atomic E-state index is -3.96. The zero-order valence-corrected chi connectivity index (χ0v) is 9.26. The first-order valence-corrected chi connectivity index (χ1v) is 6.16. The van der Waals surface area contributed by atoms with E-state index in [2.05, 4.69) is 0 Å². The van der Waals surface area contributed by atoms with Crippen LogP contribution in [-0.4, -0.2) is 14.7 Å². The average Bonchev–Trinajstić information content (AvgIpc) is 2.15. The number of carbonyl (C=O) groups excluding carboxylic acids is 1. The van der Waals surface area contributed by atoms with Crippen LogP contribution in [0.25, 0.3) is 0 Å². The molecule has 0 unspecified atom stereocenters. The Morgan fingerprint density at radius 1 is 1.47 bits per heavy atom. The summed E-state index contributed by atoms with van der Waals surface area (Å²) < 4.78 is 22.2. The molecule has 0 bridgehead atoms. The van der Waals surface area contributed by atoms with Gasteiger partial charge >= 0.3 is 0 Å². The van der Waals surface area contributed by atoms with Gasteiger partial charge in [-0.05, 0) is 24.6 Å². The highest BCUT2D eigenvalue weighted by molar-refractivity contribution is 8.13. The summed E-state index contributed by atoms with van der Waals surface area (Å²) in [6.45, 7) is 1.49. The van der Waals surface area contributed by atoms with Gasteiger partial charge in [0.25, 0.3) is 9.05 Å². The molecule has 0 heterocycles. The second-order valence-corrected chi connectivity index (χ2v) is 5.35. The summed E-state index contributed by atoms with van der Waals surface area (Å²) in [6, 6.07) is 4.32. The molecule has 0 aliphatic heterocycles. The minimum absolute atomic E-state index is 0.0657. The Morgan fingerprint density at radius 2 is 2.07 bits per heavy atom. The number of hydrogen-bond donors (Lipinski definition) is 0. The number of nitrogens with zero attached hydrogens (tertiary/aromatic N) is 1. The van der Waals surface area contributed by atoms with Crippen molar-refractivity contribution in [3.63, 3.8) is 0 Å². The fraction of sp³-hybridized carbons (Fsp3) is 0.111. The van der Waals surface area contributed by atoms with Gasteiger partial charge in [0.1, 0.15) is 0 Å². The van der Waals surface area contributed by atoms with Crippen LogP contribution >= 0.6 is 10.7 Å². The summed E-state index contributed by atoms with van der Waals surface area (Å²) >= 11 is 0. The Hall–Kier alpha value is -1.38. The number of nitriles is 1. The van der Waals surface area contributed by atoms with Crippen molar-refractivity contribution in [1.82, 2.24) is 0 Å². The van der Waals surface area contributed by atoms with E-state index in [1.807, 2.05) is 6.07 Å². The Bertz CT molecular complexity index is 557. The second kappa shape index (κ2) is 4.01. The predicted molar refractivity (Wildman–Crippen MR) is 54.3 cm³/mol. The maximum absolute atomic E-state index is 11.1. The topological polar surface area (TPSA) is 75.0 Å². The van der Waals surface area contributed by atoms with Crippen molar-refractivity contribution in [2.45, 2.75) is 11.8 Å². The molecule has 0 aliphatic carbocycles. The van der Waals surface area contributed by atoms with Crippen molar-refractivity contribution in [1.29, 1.82) is 5.26 Å². The van der Waals surface area contributed by atoms with E-state index in [-0.39, 0.29) is 16.0 Å². The van der Waals surface area contributed by atoms with Gasteiger partial charge in [0.2, 0.25) is 0 Å². The summed E-state index contributed by atoms with van der Waals surface area (Å²) in [5.74, 6) is 0. The third kappa shape index (κ3) is 2.17. The SMILES string of the molecule is Cc1c(C#N)ccc(S(=O)(=O)Cl)c1C=O. The molecule has 0 saturated carbocycles. The molecule has 0 fully saturated rings. The van der Waals surface area contributed by atoms with Crippen LogP contribution in [0.3, 0.4) is 0 Å². The normalized spacial score (nSPS) is 10.7. The number of carbonyl (C=O) groups is 1. The first-order chi connectivity index (χ1) is 6.91. The van der Waals surface area contributed by atoms with Crippen LogP contribution in [0.4, 0.5) is 0 Å². The summed E-state index contributed by atoms with van der Waals surface area (Å²) in [5.41, 5.74) is 0.499. The molecular weight excluding hydrogens is 238 g/mol. The van der Waals surface area contributed by atoms with Gasteiger partial charge in [-0.15, -0.1) is 0 Å². The van der Waals surface area contributed by atoms with Crippen molar-refractivity contribution in [3.8, 4) is 6.07 Å². The van der Waals surface area contributed by atoms with E-state index < -0.39 is 9.05 Å². The molecule has 1 aromatic carbocycles. The van der Waals surface area contributed by atoms with E-state index >= 15 is 0 Å². The molecule has 0 aliphatic rings. The number of aldehydes is 1. The number of halogens is 1. The lowest BCUT2D eigenvalue weighted by Gasteiger charge is -2.05. The zero-order valence-electron chi connectivity index (χ0n) is 7.69. The largest absolute Gasteiger partial charge is 0.298 e. The number of rotatable bonds is 2. The first kappa shape index (κ1) is 11.7. The Kier molecular flexibility index (Phi) is 3.12. The van der Waals surface area contributed by atoms with Crippen LogP contribution in [0, 0.1) is 18.3 Å². The summed E-state index contributed by atoms with van der Waals surface area (Å²) in [5, 5.41) is 8.68. The van der Waals surface area contributed by atoms with E-state index in [9.17, 15) is 13.2 Å². The summed E-state index contributed by atoms with van der Waals surface area (Å²) in [6.07, 6.45) is 0.380. The van der Waals surface area contributed by atoms with Crippen molar-refractivity contribution in [2.75, 3.05) is 0 Å². The Morgan fingerprint density at radius 3 is 2.47 bits per heavy atom. The molecule has 0 amide bonds. The predicted octanol–water partition coefficient (Wildman–Crippen LogP) is 1.61. The van der Waals surface area contributed by atoms with Gasteiger partial charge in [-0.25, -0.2) is 8.42 Å². The van der Waals surface area contributed by atoms with Gasteiger partial charge < -0.3 is 0 Å². The van der Waals surface area contributed by atoms with Crippen LogP contribution in [0.1, 0.15) is 21.5 Å². The fourth-order valence-corrected chi connectivity index (χ4v) is 2.28. The van der Waals surface area contributed by atoms with Gasteiger partial charge in [-0.1, -0.05) is 0 Å². The molecule has 0 N–H and O–H groups in total. The Balaban J connectivity index is 3.68. The Labute approximate surface area is 91.5 Å². The van der Waals surface area contributed by atoms with E-state index in [4.69, 9.17) is 15.9 Å². The molecule has 4 nitrogen and oxygen atoms in total. The van der Waals surface area contributed by atoms with Gasteiger partial charge in [-0.3, -0.25) is 4.79 Å². The molecule has 1 aromatic rings. The maximum Gasteiger partial charge on any atom is 0.262 e. The van der Waals surface area contributed by atoms with Crippen molar-refractivity contribution in [3.05, 3.63) is 28.8 Å². The third-order valence-electron chi connectivity index (χ3n) is 1.98. The number of benzene rings is 1. The molecular formula is C9H6ClNO3S. The van der Waals surface area contributed by atoms with E-state index in [0.717, 1.165) is 6.07 Å². The zero-order chi connectivity index (χ0) is 11.6. The molecule has 0 radical (unpaired) electrons. The van der Waals surface area contributed by atoms with Crippen molar-refractivity contribution >= 4 is 26.0 Å². The van der Waals surface area contributed by atoms with Gasteiger partial charge in [0.15, 0.2) is 6.29 Å². The van der Waals surface area contributed by atoms with Crippen LogP contribution in [0.5, 0.6) is 0 Å².